The van der Waals surface area contributed by atoms with Crippen LogP contribution in [0.3, 0.4) is 0 Å². The second-order valence-corrected chi connectivity index (χ2v) is 6.92. The molecule has 3 aromatic rings. The van der Waals surface area contributed by atoms with Gasteiger partial charge in [0.25, 0.3) is 5.91 Å². The normalized spacial score (nSPS) is 13.7. The molecule has 0 saturated heterocycles. The summed E-state index contributed by atoms with van der Waals surface area (Å²) in [5.41, 5.74) is 3.62. The summed E-state index contributed by atoms with van der Waals surface area (Å²) in [4.78, 5) is 17.2. The molecule has 5 nitrogen and oxygen atoms in total. The van der Waals surface area contributed by atoms with Gasteiger partial charge < -0.3 is 14.7 Å². The van der Waals surface area contributed by atoms with Crippen LogP contribution in [0.25, 0.3) is 16.3 Å². The summed E-state index contributed by atoms with van der Waals surface area (Å²) in [7, 11) is 0. The van der Waals surface area contributed by atoms with Gasteiger partial charge in [0, 0.05) is 34.5 Å². The van der Waals surface area contributed by atoms with Gasteiger partial charge in [0.05, 0.1) is 6.61 Å². The van der Waals surface area contributed by atoms with E-state index in [0.29, 0.717) is 35.9 Å². The van der Waals surface area contributed by atoms with E-state index in [1.807, 2.05) is 53.1 Å². The van der Waals surface area contributed by atoms with Crippen molar-refractivity contribution in [3.05, 3.63) is 81.4 Å². The summed E-state index contributed by atoms with van der Waals surface area (Å²) >= 11 is 6.00. The molecular formula is C22H17ClN3O2-. The monoisotopic (exact) mass is 390 g/mol. The van der Waals surface area contributed by atoms with Crippen LogP contribution in [0.1, 0.15) is 28.5 Å². The molecule has 6 heteroatoms. The number of benzene rings is 2. The molecule has 1 aromatic heterocycles. The lowest BCUT2D eigenvalue weighted by Crippen LogP contribution is -2.12. The van der Waals surface area contributed by atoms with E-state index in [1.54, 1.807) is 6.92 Å². The van der Waals surface area contributed by atoms with E-state index in [9.17, 15) is 10.2 Å². The van der Waals surface area contributed by atoms with E-state index in [1.165, 1.54) is 0 Å². The molecule has 1 aliphatic rings. The van der Waals surface area contributed by atoms with Gasteiger partial charge in [0.1, 0.15) is 5.69 Å². The van der Waals surface area contributed by atoms with Gasteiger partial charge in [-0.15, -0.1) is 0 Å². The number of nitrogens with zero attached hydrogens (tertiary/aromatic N) is 3. The number of ether oxygens (including phenoxy) is 1. The fourth-order valence-electron chi connectivity index (χ4n) is 3.54. The molecule has 0 unspecified atom stereocenters. The average molecular weight is 391 g/mol. The van der Waals surface area contributed by atoms with Gasteiger partial charge in [-0.3, -0.25) is 10.7 Å². The topological polar surface area (TPSA) is 65.9 Å². The van der Waals surface area contributed by atoms with Crippen LogP contribution in [0, 0.1) is 0 Å². The van der Waals surface area contributed by atoms with Crippen LogP contribution < -0.4 is 0 Å². The third-order valence-electron chi connectivity index (χ3n) is 4.76. The number of hydrogen-bond acceptors (Lipinski definition) is 2. The van der Waals surface area contributed by atoms with E-state index < -0.39 is 5.91 Å². The van der Waals surface area contributed by atoms with Crippen LogP contribution in [0.2, 0.25) is 5.02 Å². The van der Waals surface area contributed by atoms with Gasteiger partial charge >= 0.3 is 0 Å². The van der Waals surface area contributed by atoms with Crippen molar-refractivity contribution in [3.63, 3.8) is 0 Å². The second kappa shape index (κ2) is 7.47. The average Bonchev–Trinajstić information content (AvgIpc) is 2.92. The van der Waals surface area contributed by atoms with E-state index in [0.717, 1.165) is 22.0 Å². The Bertz CT molecular complexity index is 1150. The van der Waals surface area contributed by atoms with Gasteiger partial charge in [-0.25, -0.2) is 0 Å². The lowest BCUT2D eigenvalue weighted by molar-refractivity contribution is 0.0991. The Morgan fingerprint density at radius 3 is 2.68 bits per heavy atom. The highest BCUT2D eigenvalue weighted by molar-refractivity contribution is 6.30. The zero-order valence-electron chi connectivity index (χ0n) is 15.3. The van der Waals surface area contributed by atoms with Crippen molar-refractivity contribution in [2.45, 2.75) is 19.9 Å². The smallest absolute Gasteiger partial charge is 0.297 e. The summed E-state index contributed by atoms with van der Waals surface area (Å²) in [5.74, 6) is 1.88. The van der Waals surface area contributed by atoms with Crippen molar-refractivity contribution in [2.75, 3.05) is 6.61 Å². The number of hydrogen-bond donors (Lipinski definition) is 0. The maximum atomic E-state index is 13.1. The molecule has 1 amide bonds. The number of carbonyl (C=O) groups excluding carboxylic acids is 1. The van der Waals surface area contributed by atoms with Gasteiger partial charge in [0.2, 0.25) is 5.90 Å². The molecular weight excluding hydrogens is 374 g/mol. The first-order valence-corrected chi connectivity index (χ1v) is 9.36. The quantitative estimate of drug-likeness (QED) is 0.611. The summed E-state index contributed by atoms with van der Waals surface area (Å²) in [6, 6.07) is 15.4. The predicted octanol–water partition coefficient (Wildman–Crippen LogP) is 4.64. The van der Waals surface area contributed by atoms with Crippen LogP contribution in [-0.4, -0.2) is 28.8 Å². The van der Waals surface area contributed by atoms with Gasteiger partial charge in [0.15, 0.2) is 0 Å². The lowest BCUT2D eigenvalue weighted by atomic mass is 10.0. The standard InChI is InChI=1S/C22H17ClN3O2/c1-2-28-22-15(12-24)11-18-17-5-3-4-6-19(17)26(20(18)21(27)25-22)13-14-7-9-16(23)10-8-14/h3-10H,2,11,13H2,1H3/q-1. The van der Waals surface area contributed by atoms with Crippen molar-refractivity contribution < 1.29 is 9.53 Å². The van der Waals surface area contributed by atoms with Gasteiger partial charge in [-0.1, -0.05) is 41.9 Å². The van der Waals surface area contributed by atoms with E-state index in [4.69, 9.17) is 16.3 Å². The Morgan fingerprint density at radius 1 is 1.21 bits per heavy atom. The minimum Gasteiger partial charge on any atom is -0.763 e. The first kappa shape index (κ1) is 18.2. The second-order valence-electron chi connectivity index (χ2n) is 6.48. The van der Waals surface area contributed by atoms with Crippen LogP contribution in [0.5, 0.6) is 0 Å². The van der Waals surface area contributed by atoms with Crippen LogP contribution >= 0.6 is 11.6 Å². The maximum Gasteiger partial charge on any atom is 0.297 e. The first-order valence-electron chi connectivity index (χ1n) is 8.99. The van der Waals surface area contributed by atoms with Crippen molar-refractivity contribution in [1.29, 1.82) is 0 Å². The molecule has 140 valence electrons. The minimum absolute atomic E-state index is 0.119. The van der Waals surface area contributed by atoms with Gasteiger partial charge in [-0.05, 0) is 36.2 Å². The summed E-state index contributed by atoms with van der Waals surface area (Å²) in [6.45, 7) is 2.64. The molecule has 0 saturated carbocycles. The highest BCUT2D eigenvalue weighted by atomic mass is 35.5. The Morgan fingerprint density at radius 2 is 1.96 bits per heavy atom. The number of aromatic nitrogens is 1. The Balaban J connectivity index is 1.93. The third-order valence-corrected chi connectivity index (χ3v) is 5.02. The summed E-state index contributed by atoms with van der Waals surface area (Å²) in [6.07, 6.45) is 0.310. The molecule has 2 aromatic carbocycles. The SMILES string of the molecule is CCOC1=NC(=O)c2c(c3ccccc3n2Cc2ccc(Cl)cc2)CC1=C=[N-]. The minimum atomic E-state index is -0.395. The van der Waals surface area contributed by atoms with Crippen LogP contribution in [-0.2, 0) is 17.7 Å². The molecule has 2 heterocycles. The predicted molar refractivity (Wildman–Crippen MR) is 111 cm³/mol. The number of carbonyl (C=O) groups is 1. The van der Waals surface area contributed by atoms with Crippen molar-refractivity contribution >= 4 is 40.2 Å². The molecule has 0 N–H and O–H groups in total. The fraction of sp³-hybridized carbons (Fsp3) is 0.182. The fourth-order valence-corrected chi connectivity index (χ4v) is 3.67. The zero-order chi connectivity index (χ0) is 19.7. The molecule has 4 rings (SSSR count). The number of aliphatic imine (C=N–C) groups is 1. The Labute approximate surface area is 167 Å². The number of halogens is 1. The molecule has 0 spiro atoms. The van der Waals surface area contributed by atoms with E-state index in [-0.39, 0.29) is 5.90 Å². The number of rotatable bonds is 3. The molecule has 0 bridgehead atoms. The lowest BCUT2D eigenvalue weighted by Gasteiger charge is -2.10. The van der Waals surface area contributed by atoms with E-state index in [2.05, 4.69) is 10.9 Å². The first-order chi connectivity index (χ1) is 13.6. The highest BCUT2D eigenvalue weighted by Crippen LogP contribution is 2.32. The molecule has 0 aliphatic carbocycles. The Kier molecular flexibility index (Phi) is 4.86. The highest BCUT2D eigenvalue weighted by Gasteiger charge is 2.28. The molecule has 1 aliphatic heterocycles. The number of para-hydroxylation sites is 1. The molecule has 0 atom stereocenters. The van der Waals surface area contributed by atoms with E-state index >= 15 is 0 Å². The zero-order valence-corrected chi connectivity index (χ0v) is 16.0. The maximum absolute atomic E-state index is 13.1. The molecule has 0 radical (unpaired) electrons. The van der Waals surface area contributed by atoms with Crippen molar-refractivity contribution in [3.8, 4) is 0 Å². The third kappa shape index (κ3) is 3.15. The number of fused-ring (bicyclic) bond motifs is 3. The summed E-state index contributed by atoms with van der Waals surface area (Å²) in [5, 5.41) is 11.2. The molecule has 28 heavy (non-hydrogen) atoms. The van der Waals surface area contributed by atoms with Crippen LogP contribution in [0.4, 0.5) is 0 Å². The van der Waals surface area contributed by atoms with Crippen molar-refractivity contribution in [1.82, 2.24) is 4.57 Å². The number of amides is 1. The summed E-state index contributed by atoms with van der Waals surface area (Å²) < 4.78 is 7.43. The Hall–Kier alpha value is -3.14. The largest absolute Gasteiger partial charge is 0.763 e. The molecule has 0 fully saturated rings. The van der Waals surface area contributed by atoms with Crippen LogP contribution in [0.15, 0.2) is 59.1 Å². The van der Waals surface area contributed by atoms with Gasteiger partial charge in [-0.2, -0.15) is 4.99 Å². The van der Waals surface area contributed by atoms with Crippen molar-refractivity contribution in [2.24, 2.45) is 4.99 Å².